The van der Waals surface area contributed by atoms with E-state index in [0.29, 0.717) is 23.5 Å². The zero-order valence-electron chi connectivity index (χ0n) is 6.35. The fraction of sp³-hybridized carbons (Fsp3) is 0.889. The quantitative estimate of drug-likeness (QED) is 0.508. The third-order valence-corrected chi connectivity index (χ3v) is 4.21. The molecule has 0 amide bonds. The predicted octanol–water partition coefficient (Wildman–Crippen LogP) is 1.98. The van der Waals surface area contributed by atoms with Gasteiger partial charge in [0.25, 0.3) is 0 Å². The second kappa shape index (κ2) is 1.66. The molecule has 0 aromatic rings. The maximum atomic E-state index is 11.5. The van der Waals surface area contributed by atoms with Gasteiger partial charge in [0.2, 0.25) is 0 Å². The van der Waals surface area contributed by atoms with E-state index in [1.165, 1.54) is 0 Å². The summed E-state index contributed by atoms with van der Waals surface area (Å²) in [6.07, 6.45) is 4.22. The molecule has 0 heterocycles. The monoisotopic (exact) mass is 170 g/mol. The van der Waals surface area contributed by atoms with Crippen molar-refractivity contribution >= 4 is 17.4 Å². The fourth-order valence-corrected chi connectivity index (χ4v) is 3.96. The van der Waals surface area contributed by atoms with Gasteiger partial charge in [-0.2, -0.15) is 0 Å². The minimum Gasteiger partial charge on any atom is -0.299 e. The fourth-order valence-electron chi connectivity index (χ4n) is 3.41. The topological polar surface area (TPSA) is 17.1 Å². The van der Waals surface area contributed by atoms with Crippen molar-refractivity contribution in [2.45, 2.75) is 30.6 Å². The van der Waals surface area contributed by atoms with Crippen molar-refractivity contribution in [3.63, 3.8) is 0 Å². The molecule has 4 unspecified atom stereocenters. The van der Waals surface area contributed by atoms with Crippen molar-refractivity contribution in [2.75, 3.05) is 0 Å². The summed E-state index contributed by atoms with van der Waals surface area (Å²) in [7, 11) is 0. The van der Waals surface area contributed by atoms with Gasteiger partial charge in [-0.3, -0.25) is 4.79 Å². The molecule has 0 aromatic heterocycles. The molecule has 0 aliphatic heterocycles. The average Bonchev–Trinajstić information content (AvgIpc) is 2.27. The highest BCUT2D eigenvalue weighted by Gasteiger charge is 2.59. The van der Waals surface area contributed by atoms with Gasteiger partial charge in [0.1, 0.15) is 5.78 Å². The summed E-state index contributed by atoms with van der Waals surface area (Å²) >= 11 is 6.34. The maximum Gasteiger partial charge on any atom is 0.139 e. The maximum absolute atomic E-state index is 11.5. The Bertz CT molecular complexity index is 234. The normalized spacial score (nSPS) is 59.4. The van der Waals surface area contributed by atoms with Gasteiger partial charge < -0.3 is 0 Å². The van der Waals surface area contributed by atoms with E-state index in [1.54, 1.807) is 0 Å². The largest absolute Gasteiger partial charge is 0.299 e. The van der Waals surface area contributed by atoms with Gasteiger partial charge in [0.05, 0.1) is 0 Å². The number of ketones is 1. The predicted molar refractivity (Wildman–Crippen MR) is 42.5 cm³/mol. The molecule has 4 rings (SSSR count). The number of rotatable bonds is 0. The van der Waals surface area contributed by atoms with Crippen LogP contribution < -0.4 is 0 Å². The van der Waals surface area contributed by atoms with Crippen LogP contribution in [0.3, 0.4) is 0 Å². The van der Waals surface area contributed by atoms with Crippen LogP contribution in [0, 0.1) is 17.8 Å². The van der Waals surface area contributed by atoms with Gasteiger partial charge in [0.15, 0.2) is 0 Å². The zero-order chi connectivity index (χ0) is 7.64. The summed E-state index contributed by atoms with van der Waals surface area (Å²) in [5.41, 5.74) is 0. The van der Waals surface area contributed by atoms with Gasteiger partial charge in [0, 0.05) is 16.7 Å². The van der Waals surface area contributed by atoms with Crippen LogP contribution in [-0.2, 0) is 4.79 Å². The molecule has 0 spiro atoms. The molecular weight excluding hydrogens is 160 g/mol. The van der Waals surface area contributed by atoms with Gasteiger partial charge >= 0.3 is 0 Å². The summed E-state index contributed by atoms with van der Waals surface area (Å²) in [6.45, 7) is 0. The Hall–Kier alpha value is -0.0400. The number of hydrogen-bond donors (Lipinski definition) is 0. The molecule has 4 saturated carbocycles. The molecule has 60 valence electrons. The van der Waals surface area contributed by atoms with Crippen molar-refractivity contribution in [3.8, 4) is 0 Å². The molecule has 4 aliphatic carbocycles. The Morgan fingerprint density at radius 3 is 2.82 bits per heavy atom. The van der Waals surface area contributed by atoms with Crippen molar-refractivity contribution in [1.82, 2.24) is 0 Å². The highest BCUT2D eigenvalue weighted by Crippen LogP contribution is 2.60. The first kappa shape index (κ1) is 6.47. The van der Waals surface area contributed by atoms with Crippen LogP contribution >= 0.6 is 11.6 Å². The molecule has 4 aliphatic rings. The minimum absolute atomic E-state index is 0.0478. The van der Waals surface area contributed by atoms with Crippen LogP contribution in [0.5, 0.6) is 0 Å². The first-order valence-corrected chi connectivity index (χ1v) is 4.78. The van der Waals surface area contributed by atoms with Crippen LogP contribution in [-0.4, -0.2) is 10.7 Å². The third kappa shape index (κ3) is 0.658. The Labute approximate surface area is 71.1 Å². The standard InChI is InChI=1S/C9H11ClO/c10-9-2-5-1-6(3-9)8(11)7(5)4-9/h5-7H,1-4H2. The zero-order valence-corrected chi connectivity index (χ0v) is 7.10. The lowest BCUT2D eigenvalue weighted by Crippen LogP contribution is -2.32. The van der Waals surface area contributed by atoms with Crippen molar-refractivity contribution in [3.05, 3.63) is 0 Å². The van der Waals surface area contributed by atoms with Gasteiger partial charge in [-0.15, -0.1) is 11.6 Å². The van der Waals surface area contributed by atoms with Crippen LogP contribution in [0.1, 0.15) is 25.7 Å². The van der Waals surface area contributed by atoms with Gasteiger partial charge in [-0.05, 0) is 31.6 Å². The number of Topliss-reactive ketones (excluding diaryl/α,β-unsaturated/α-hetero) is 1. The van der Waals surface area contributed by atoms with E-state index in [4.69, 9.17) is 11.6 Å². The van der Waals surface area contributed by atoms with Crippen LogP contribution in [0.15, 0.2) is 0 Å². The molecule has 0 saturated heterocycles. The second-order valence-electron chi connectivity index (χ2n) is 4.46. The summed E-state index contributed by atoms with van der Waals surface area (Å²) in [5.74, 6) is 1.92. The van der Waals surface area contributed by atoms with Gasteiger partial charge in [-0.25, -0.2) is 0 Å². The molecule has 0 aromatic carbocycles. The molecule has 11 heavy (non-hydrogen) atoms. The van der Waals surface area contributed by atoms with E-state index >= 15 is 0 Å². The number of hydrogen-bond acceptors (Lipinski definition) is 1. The molecule has 0 N–H and O–H groups in total. The lowest BCUT2D eigenvalue weighted by Gasteiger charge is -2.31. The third-order valence-electron chi connectivity index (χ3n) is 3.75. The smallest absolute Gasteiger partial charge is 0.139 e. The van der Waals surface area contributed by atoms with E-state index in [-0.39, 0.29) is 4.87 Å². The van der Waals surface area contributed by atoms with Crippen LogP contribution in [0.2, 0.25) is 0 Å². The molecule has 4 atom stereocenters. The first-order valence-electron chi connectivity index (χ1n) is 4.41. The van der Waals surface area contributed by atoms with Crippen molar-refractivity contribution in [2.24, 2.45) is 17.8 Å². The van der Waals surface area contributed by atoms with Crippen LogP contribution in [0.4, 0.5) is 0 Å². The summed E-state index contributed by atoms with van der Waals surface area (Å²) < 4.78 is 0. The highest BCUT2D eigenvalue weighted by atomic mass is 35.5. The Morgan fingerprint density at radius 1 is 1.36 bits per heavy atom. The SMILES string of the molecule is O=C1C2CC3CC(Cl)(C2)CC13. The first-order chi connectivity index (χ1) is 5.18. The lowest BCUT2D eigenvalue weighted by atomic mass is 9.81. The Kier molecular flexibility index (Phi) is 0.976. The molecule has 4 bridgehead atoms. The molecule has 0 radical (unpaired) electrons. The molecule has 2 heteroatoms. The average molecular weight is 171 g/mol. The number of alkyl halides is 1. The lowest BCUT2D eigenvalue weighted by molar-refractivity contribution is -0.125. The molecule has 1 nitrogen and oxygen atoms in total. The number of carbonyl (C=O) groups excluding carboxylic acids is 1. The Morgan fingerprint density at radius 2 is 2.18 bits per heavy atom. The summed E-state index contributed by atoms with van der Waals surface area (Å²) in [4.78, 5) is 11.6. The van der Waals surface area contributed by atoms with E-state index in [2.05, 4.69) is 0 Å². The van der Waals surface area contributed by atoms with E-state index in [1.807, 2.05) is 0 Å². The van der Waals surface area contributed by atoms with Crippen molar-refractivity contribution < 1.29 is 4.79 Å². The number of halogens is 1. The number of carbonyl (C=O) groups is 1. The molecular formula is C9H11ClO. The second-order valence-corrected chi connectivity index (χ2v) is 5.27. The minimum atomic E-state index is 0.0478. The summed E-state index contributed by atoms with van der Waals surface area (Å²) in [6, 6.07) is 0. The van der Waals surface area contributed by atoms with E-state index < -0.39 is 0 Å². The van der Waals surface area contributed by atoms with Crippen LogP contribution in [0.25, 0.3) is 0 Å². The van der Waals surface area contributed by atoms with E-state index in [0.717, 1.165) is 25.7 Å². The molecule has 4 fully saturated rings. The van der Waals surface area contributed by atoms with Gasteiger partial charge in [-0.1, -0.05) is 0 Å². The van der Waals surface area contributed by atoms with E-state index in [9.17, 15) is 4.79 Å². The highest BCUT2D eigenvalue weighted by molar-refractivity contribution is 6.25. The Balaban J connectivity index is 2.06. The van der Waals surface area contributed by atoms with Crippen molar-refractivity contribution in [1.29, 1.82) is 0 Å². The summed E-state index contributed by atoms with van der Waals surface area (Å²) in [5, 5.41) is 0.